The van der Waals surface area contributed by atoms with Gasteiger partial charge in [-0.2, -0.15) is 0 Å². The third kappa shape index (κ3) is 3.65. The van der Waals surface area contributed by atoms with E-state index in [4.69, 9.17) is 9.47 Å². The number of hydrogen-bond acceptors (Lipinski definition) is 6. The molecule has 6 heteroatoms. The molecule has 0 unspecified atom stereocenters. The van der Waals surface area contributed by atoms with Crippen molar-refractivity contribution in [3.8, 4) is 5.75 Å². The van der Waals surface area contributed by atoms with Gasteiger partial charge in [-0.25, -0.2) is 9.97 Å². The number of rotatable bonds is 5. The van der Waals surface area contributed by atoms with E-state index in [0.717, 1.165) is 49.4 Å². The molecule has 6 nitrogen and oxygen atoms in total. The average Bonchev–Trinajstić information content (AvgIpc) is 2.58. The summed E-state index contributed by atoms with van der Waals surface area (Å²) in [6.45, 7) is 5.85. The van der Waals surface area contributed by atoms with Gasteiger partial charge in [0.25, 0.3) is 0 Å². The molecule has 1 saturated heterocycles. The number of nitrogens with zero attached hydrogens (tertiary/aromatic N) is 3. The Bertz CT molecular complexity index is 597. The quantitative estimate of drug-likeness (QED) is 0.915. The van der Waals surface area contributed by atoms with Crippen molar-refractivity contribution in [2.75, 3.05) is 43.1 Å². The molecule has 116 valence electrons. The number of aromatic nitrogens is 2. The molecule has 22 heavy (non-hydrogen) atoms. The molecule has 1 aliphatic rings. The molecule has 3 rings (SSSR count). The maximum Gasteiger partial charge on any atom is 0.135 e. The molecular weight excluding hydrogens is 280 g/mol. The van der Waals surface area contributed by atoms with Crippen molar-refractivity contribution in [3.05, 3.63) is 36.7 Å². The van der Waals surface area contributed by atoms with Crippen LogP contribution in [0.1, 0.15) is 6.92 Å². The first kappa shape index (κ1) is 14.6. The molecule has 1 N–H and O–H groups in total. The van der Waals surface area contributed by atoms with Crippen LogP contribution in [-0.2, 0) is 4.74 Å². The smallest absolute Gasteiger partial charge is 0.135 e. The van der Waals surface area contributed by atoms with Crippen molar-refractivity contribution in [1.29, 1.82) is 0 Å². The van der Waals surface area contributed by atoms with Gasteiger partial charge in [-0.15, -0.1) is 0 Å². The zero-order chi connectivity index (χ0) is 15.2. The summed E-state index contributed by atoms with van der Waals surface area (Å²) in [5.74, 6) is 2.57. The molecule has 0 aliphatic carbocycles. The second kappa shape index (κ2) is 7.09. The highest BCUT2D eigenvalue weighted by Gasteiger charge is 2.13. The fourth-order valence-corrected chi connectivity index (χ4v) is 2.33. The van der Waals surface area contributed by atoms with Crippen molar-refractivity contribution in [1.82, 2.24) is 9.97 Å². The predicted octanol–water partition coefficient (Wildman–Crippen LogP) is 2.46. The third-order valence-electron chi connectivity index (χ3n) is 3.43. The fourth-order valence-electron chi connectivity index (χ4n) is 2.33. The maximum atomic E-state index is 5.44. The van der Waals surface area contributed by atoms with Crippen LogP contribution >= 0.6 is 0 Å². The minimum Gasteiger partial charge on any atom is -0.494 e. The first-order chi connectivity index (χ1) is 10.8. The van der Waals surface area contributed by atoms with E-state index in [1.165, 1.54) is 0 Å². The van der Waals surface area contributed by atoms with Gasteiger partial charge in [0.1, 0.15) is 23.7 Å². The Labute approximate surface area is 130 Å². The standard InChI is InChI=1S/C16H20N4O2/c1-2-22-14-5-3-13(4-6-14)19-15-11-16(18-12-17-15)20-7-9-21-10-8-20/h3-6,11-12H,2,7-10H2,1H3,(H,17,18,19). The molecule has 1 fully saturated rings. The number of morpholine rings is 1. The van der Waals surface area contributed by atoms with E-state index in [0.29, 0.717) is 6.61 Å². The zero-order valence-electron chi connectivity index (χ0n) is 12.7. The van der Waals surface area contributed by atoms with Gasteiger partial charge in [0, 0.05) is 24.8 Å². The summed E-state index contributed by atoms with van der Waals surface area (Å²) < 4.78 is 10.8. The van der Waals surface area contributed by atoms with Gasteiger partial charge < -0.3 is 19.7 Å². The van der Waals surface area contributed by atoms with E-state index in [9.17, 15) is 0 Å². The number of hydrogen-bond donors (Lipinski definition) is 1. The van der Waals surface area contributed by atoms with Gasteiger partial charge >= 0.3 is 0 Å². The Hall–Kier alpha value is -2.34. The summed E-state index contributed by atoms with van der Waals surface area (Å²) >= 11 is 0. The van der Waals surface area contributed by atoms with Crippen molar-refractivity contribution in [3.63, 3.8) is 0 Å². The number of anilines is 3. The van der Waals surface area contributed by atoms with Crippen LogP contribution in [0.5, 0.6) is 5.75 Å². The average molecular weight is 300 g/mol. The summed E-state index contributed by atoms with van der Waals surface area (Å²) in [4.78, 5) is 10.8. The van der Waals surface area contributed by atoms with Crippen LogP contribution in [-0.4, -0.2) is 42.9 Å². The predicted molar refractivity (Wildman–Crippen MR) is 86.0 cm³/mol. The summed E-state index contributed by atoms with van der Waals surface area (Å²) in [6, 6.07) is 9.79. The van der Waals surface area contributed by atoms with Gasteiger partial charge in [-0.1, -0.05) is 0 Å². The lowest BCUT2D eigenvalue weighted by Crippen LogP contribution is -2.36. The summed E-state index contributed by atoms with van der Waals surface area (Å²) in [6.07, 6.45) is 1.59. The normalized spacial score (nSPS) is 14.7. The largest absolute Gasteiger partial charge is 0.494 e. The van der Waals surface area contributed by atoms with Crippen LogP contribution in [0.25, 0.3) is 0 Å². The second-order valence-electron chi connectivity index (χ2n) is 4.94. The number of benzene rings is 1. The Balaban J connectivity index is 1.69. The van der Waals surface area contributed by atoms with E-state index in [-0.39, 0.29) is 0 Å². The molecule has 0 radical (unpaired) electrons. The maximum absolute atomic E-state index is 5.44. The molecular formula is C16H20N4O2. The highest BCUT2D eigenvalue weighted by atomic mass is 16.5. The van der Waals surface area contributed by atoms with Crippen LogP contribution < -0.4 is 15.0 Å². The summed E-state index contributed by atoms with van der Waals surface area (Å²) in [5, 5.41) is 3.29. The number of ether oxygens (including phenoxy) is 2. The molecule has 2 aromatic rings. The summed E-state index contributed by atoms with van der Waals surface area (Å²) in [7, 11) is 0. The molecule has 0 bridgehead atoms. The Morgan fingerprint density at radius 2 is 1.95 bits per heavy atom. The van der Waals surface area contributed by atoms with Crippen LogP contribution in [0.2, 0.25) is 0 Å². The molecule has 0 atom stereocenters. The molecule has 1 aromatic heterocycles. The Morgan fingerprint density at radius 1 is 1.18 bits per heavy atom. The minimum atomic E-state index is 0.668. The molecule has 2 heterocycles. The van der Waals surface area contributed by atoms with Gasteiger partial charge in [0.2, 0.25) is 0 Å². The van der Waals surface area contributed by atoms with Crippen LogP contribution in [0.3, 0.4) is 0 Å². The molecule has 0 spiro atoms. The van der Waals surface area contributed by atoms with Gasteiger partial charge in [0.05, 0.1) is 19.8 Å². The topological polar surface area (TPSA) is 59.5 Å². The lowest BCUT2D eigenvalue weighted by atomic mass is 10.3. The molecule has 1 aromatic carbocycles. The molecule has 0 amide bonds. The monoisotopic (exact) mass is 300 g/mol. The Kier molecular flexibility index (Phi) is 4.70. The highest BCUT2D eigenvalue weighted by molar-refractivity contribution is 5.60. The van der Waals surface area contributed by atoms with Gasteiger partial charge in [-0.05, 0) is 31.2 Å². The number of nitrogens with one attached hydrogen (secondary N) is 1. The van der Waals surface area contributed by atoms with Crippen LogP contribution in [0.15, 0.2) is 36.7 Å². The lowest BCUT2D eigenvalue weighted by molar-refractivity contribution is 0.122. The van der Waals surface area contributed by atoms with Gasteiger partial charge in [0.15, 0.2) is 0 Å². The lowest BCUT2D eigenvalue weighted by Gasteiger charge is -2.27. The van der Waals surface area contributed by atoms with Crippen molar-refractivity contribution < 1.29 is 9.47 Å². The molecule has 1 aliphatic heterocycles. The fraction of sp³-hybridized carbons (Fsp3) is 0.375. The minimum absolute atomic E-state index is 0.668. The van der Waals surface area contributed by atoms with Crippen molar-refractivity contribution in [2.45, 2.75) is 6.92 Å². The first-order valence-electron chi connectivity index (χ1n) is 7.50. The first-order valence-corrected chi connectivity index (χ1v) is 7.50. The zero-order valence-corrected chi connectivity index (χ0v) is 12.7. The SMILES string of the molecule is CCOc1ccc(Nc2cc(N3CCOCC3)ncn2)cc1. The van der Waals surface area contributed by atoms with E-state index in [2.05, 4.69) is 20.2 Å². The van der Waals surface area contributed by atoms with E-state index >= 15 is 0 Å². The van der Waals surface area contributed by atoms with Gasteiger partial charge in [-0.3, -0.25) is 0 Å². The highest BCUT2D eigenvalue weighted by Crippen LogP contribution is 2.21. The van der Waals surface area contributed by atoms with E-state index < -0.39 is 0 Å². The molecule has 0 saturated carbocycles. The van der Waals surface area contributed by atoms with Crippen molar-refractivity contribution in [2.24, 2.45) is 0 Å². The van der Waals surface area contributed by atoms with Crippen LogP contribution in [0, 0.1) is 0 Å². The van der Waals surface area contributed by atoms with E-state index in [1.54, 1.807) is 6.33 Å². The van der Waals surface area contributed by atoms with Crippen molar-refractivity contribution >= 4 is 17.3 Å². The van der Waals surface area contributed by atoms with Crippen LogP contribution in [0.4, 0.5) is 17.3 Å². The second-order valence-corrected chi connectivity index (χ2v) is 4.94. The summed E-state index contributed by atoms with van der Waals surface area (Å²) in [5.41, 5.74) is 0.968. The Morgan fingerprint density at radius 3 is 2.68 bits per heavy atom. The van der Waals surface area contributed by atoms with E-state index in [1.807, 2.05) is 37.3 Å². The third-order valence-corrected chi connectivity index (χ3v) is 3.43.